The lowest BCUT2D eigenvalue weighted by Gasteiger charge is -2.36. The zero-order valence-corrected chi connectivity index (χ0v) is 15.2. The Bertz CT molecular complexity index is 625. The fourth-order valence-electron chi connectivity index (χ4n) is 2.01. The molecule has 3 heteroatoms. The Balaban J connectivity index is 2.20. The van der Waals surface area contributed by atoms with Crippen molar-refractivity contribution >= 4 is 8.32 Å². The van der Waals surface area contributed by atoms with Crippen molar-refractivity contribution in [2.45, 2.75) is 45.5 Å². The Morgan fingerprint density at radius 3 is 2.14 bits per heavy atom. The number of hydrogen-bond donors (Lipinski definition) is 1. The summed E-state index contributed by atoms with van der Waals surface area (Å²) in [6.45, 7) is 11.3. The molecule has 22 heavy (non-hydrogen) atoms. The second kappa shape index (κ2) is 6.27. The van der Waals surface area contributed by atoms with Crippen molar-refractivity contribution in [2.24, 2.45) is 0 Å². The molecule has 0 aliphatic carbocycles. The van der Waals surface area contributed by atoms with Crippen LogP contribution in [0.15, 0.2) is 48.5 Å². The second-order valence-corrected chi connectivity index (χ2v) is 12.0. The van der Waals surface area contributed by atoms with Crippen LogP contribution in [0.25, 0.3) is 11.1 Å². The molecule has 0 spiro atoms. The highest BCUT2D eigenvalue weighted by Crippen LogP contribution is 2.37. The molecule has 0 atom stereocenters. The van der Waals surface area contributed by atoms with Gasteiger partial charge in [0, 0.05) is 0 Å². The minimum absolute atomic E-state index is 0.0698. The topological polar surface area (TPSA) is 29.5 Å². The number of rotatable bonds is 4. The first-order valence-electron chi connectivity index (χ1n) is 7.72. The third-order valence-corrected chi connectivity index (χ3v) is 8.83. The van der Waals surface area contributed by atoms with Crippen molar-refractivity contribution in [3.05, 3.63) is 54.1 Å². The standard InChI is InChI=1S/C19H26O2Si/c1-19(2,3)22(4,5)21-18-11-9-16(10-12-18)17-8-6-7-15(13-17)14-20/h6-13,20H,14H2,1-5H3. The van der Waals surface area contributed by atoms with Gasteiger partial charge in [0.15, 0.2) is 0 Å². The average molecular weight is 315 g/mol. The lowest BCUT2D eigenvalue weighted by molar-refractivity contribution is 0.282. The Labute approximate surface area is 134 Å². The fourth-order valence-corrected chi connectivity index (χ4v) is 3.04. The predicted molar refractivity (Wildman–Crippen MR) is 95.6 cm³/mol. The van der Waals surface area contributed by atoms with E-state index in [1.54, 1.807) is 0 Å². The van der Waals surface area contributed by atoms with E-state index in [-0.39, 0.29) is 11.6 Å². The quantitative estimate of drug-likeness (QED) is 0.783. The zero-order chi connectivity index (χ0) is 16.4. The van der Waals surface area contributed by atoms with E-state index in [1.165, 1.54) is 0 Å². The summed E-state index contributed by atoms with van der Waals surface area (Å²) in [5.74, 6) is 0.939. The molecule has 1 N–H and O–H groups in total. The van der Waals surface area contributed by atoms with Gasteiger partial charge < -0.3 is 9.53 Å². The van der Waals surface area contributed by atoms with Crippen LogP contribution in [0.1, 0.15) is 26.3 Å². The molecule has 0 fully saturated rings. The normalized spacial score (nSPS) is 12.3. The van der Waals surface area contributed by atoms with Crippen LogP contribution in [0.5, 0.6) is 5.75 Å². The second-order valence-electron chi connectivity index (χ2n) is 7.25. The SMILES string of the molecule is CC(C)(C)[Si](C)(C)Oc1ccc(-c2cccc(CO)c2)cc1. The molecule has 0 bridgehead atoms. The van der Waals surface area contributed by atoms with Gasteiger partial charge in [-0.15, -0.1) is 0 Å². The summed E-state index contributed by atoms with van der Waals surface area (Å²) in [6, 6.07) is 16.2. The Morgan fingerprint density at radius 1 is 0.955 bits per heavy atom. The van der Waals surface area contributed by atoms with Crippen LogP contribution >= 0.6 is 0 Å². The van der Waals surface area contributed by atoms with E-state index >= 15 is 0 Å². The molecule has 2 rings (SSSR count). The molecule has 0 amide bonds. The van der Waals surface area contributed by atoms with E-state index in [0.717, 1.165) is 22.4 Å². The fraction of sp³-hybridized carbons (Fsp3) is 0.368. The largest absolute Gasteiger partial charge is 0.544 e. The zero-order valence-electron chi connectivity index (χ0n) is 14.2. The molecule has 2 nitrogen and oxygen atoms in total. The van der Waals surface area contributed by atoms with Crippen LogP contribution in [-0.4, -0.2) is 13.4 Å². The summed E-state index contributed by atoms with van der Waals surface area (Å²) in [7, 11) is -1.79. The highest BCUT2D eigenvalue weighted by atomic mass is 28.4. The van der Waals surface area contributed by atoms with Gasteiger partial charge in [0.05, 0.1) is 6.61 Å². The van der Waals surface area contributed by atoms with E-state index in [4.69, 9.17) is 4.43 Å². The number of hydrogen-bond acceptors (Lipinski definition) is 2. The predicted octanol–water partition coefficient (Wildman–Crippen LogP) is 5.23. The van der Waals surface area contributed by atoms with E-state index in [0.29, 0.717) is 0 Å². The first-order valence-corrected chi connectivity index (χ1v) is 10.6. The van der Waals surface area contributed by atoms with Crippen molar-refractivity contribution in [2.75, 3.05) is 0 Å². The maximum absolute atomic E-state index is 9.24. The van der Waals surface area contributed by atoms with E-state index in [1.807, 2.05) is 30.3 Å². The van der Waals surface area contributed by atoms with Gasteiger partial charge in [0.2, 0.25) is 8.32 Å². The van der Waals surface area contributed by atoms with Crippen LogP contribution < -0.4 is 4.43 Å². The summed E-state index contributed by atoms with van der Waals surface area (Å²) in [5, 5.41) is 9.44. The van der Waals surface area contributed by atoms with Gasteiger partial charge in [0.25, 0.3) is 0 Å². The molecule has 0 aliphatic heterocycles. The first kappa shape index (κ1) is 16.8. The highest BCUT2D eigenvalue weighted by Gasteiger charge is 2.38. The third kappa shape index (κ3) is 3.79. The molecule has 2 aromatic rings. The van der Waals surface area contributed by atoms with Crippen LogP contribution in [0, 0.1) is 0 Å². The molecule has 0 radical (unpaired) electrons. The van der Waals surface area contributed by atoms with Crippen molar-refractivity contribution in [3.63, 3.8) is 0 Å². The van der Waals surface area contributed by atoms with Gasteiger partial charge in [-0.2, -0.15) is 0 Å². The summed E-state index contributed by atoms with van der Waals surface area (Å²) >= 11 is 0. The Morgan fingerprint density at radius 2 is 1.59 bits per heavy atom. The summed E-state index contributed by atoms with van der Waals surface area (Å²) < 4.78 is 6.30. The number of aliphatic hydroxyl groups is 1. The molecule has 0 aliphatic rings. The average Bonchev–Trinajstić information content (AvgIpc) is 2.46. The van der Waals surface area contributed by atoms with E-state index in [2.05, 4.69) is 52.1 Å². The van der Waals surface area contributed by atoms with Crippen LogP contribution in [0.4, 0.5) is 0 Å². The minimum atomic E-state index is -1.79. The summed E-state index contributed by atoms with van der Waals surface area (Å²) in [5.41, 5.74) is 3.18. The smallest absolute Gasteiger partial charge is 0.250 e. The lowest BCUT2D eigenvalue weighted by Crippen LogP contribution is -2.43. The Hall–Kier alpha value is -1.58. The number of aliphatic hydroxyl groups excluding tert-OH is 1. The maximum atomic E-state index is 9.24. The van der Waals surface area contributed by atoms with Gasteiger partial charge in [-0.1, -0.05) is 51.1 Å². The summed E-state index contributed by atoms with van der Waals surface area (Å²) in [6.07, 6.45) is 0. The molecule has 0 saturated carbocycles. The van der Waals surface area contributed by atoms with Gasteiger partial charge in [-0.3, -0.25) is 0 Å². The third-order valence-electron chi connectivity index (χ3n) is 4.48. The van der Waals surface area contributed by atoms with Crippen molar-refractivity contribution in [1.82, 2.24) is 0 Å². The molecule has 0 aromatic heterocycles. The van der Waals surface area contributed by atoms with Crippen molar-refractivity contribution < 1.29 is 9.53 Å². The van der Waals surface area contributed by atoms with Gasteiger partial charge >= 0.3 is 0 Å². The van der Waals surface area contributed by atoms with Crippen molar-refractivity contribution in [3.8, 4) is 16.9 Å². The van der Waals surface area contributed by atoms with Gasteiger partial charge in [-0.25, -0.2) is 0 Å². The molecule has 0 unspecified atom stereocenters. The van der Waals surface area contributed by atoms with E-state index in [9.17, 15) is 5.11 Å². The van der Waals surface area contributed by atoms with Crippen LogP contribution in [-0.2, 0) is 6.61 Å². The Kier molecular flexibility index (Phi) is 4.78. The van der Waals surface area contributed by atoms with Crippen LogP contribution in [0.3, 0.4) is 0 Å². The molecular weight excluding hydrogens is 288 g/mol. The molecule has 2 aromatic carbocycles. The first-order chi connectivity index (χ1) is 10.2. The molecule has 0 heterocycles. The molecular formula is C19H26O2Si. The lowest BCUT2D eigenvalue weighted by atomic mass is 10.0. The maximum Gasteiger partial charge on any atom is 0.250 e. The van der Waals surface area contributed by atoms with Crippen LogP contribution in [0.2, 0.25) is 18.1 Å². The minimum Gasteiger partial charge on any atom is -0.544 e. The number of benzene rings is 2. The summed E-state index contributed by atoms with van der Waals surface area (Å²) in [4.78, 5) is 0. The monoisotopic (exact) mass is 314 g/mol. The van der Waals surface area contributed by atoms with Gasteiger partial charge in [-0.05, 0) is 53.0 Å². The molecule has 0 saturated heterocycles. The van der Waals surface area contributed by atoms with E-state index < -0.39 is 8.32 Å². The van der Waals surface area contributed by atoms with Crippen molar-refractivity contribution in [1.29, 1.82) is 0 Å². The highest BCUT2D eigenvalue weighted by molar-refractivity contribution is 6.74. The van der Waals surface area contributed by atoms with Gasteiger partial charge in [0.1, 0.15) is 5.75 Å². The molecule has 118 valence electrons.